The molecule has 2 aliphatic rings. The van der Waals surface area contributed by atoms with E-state index in [0.29, 0.717) is 0 Å². The normalized spacial score (nSPS) is 19.2. The molecule has 0 bridgehead atoms. The van der Waals surface area contributed by atoms with Gasteiger partial charge in [0.15, 0.2) is 0 Å². The summed E-state index contributed by atoms with van der Waals surface area (Å²) in [6, 6.07) is 13.6. The summed E-state index contributed by atoms with van der Waals surface area (Å²) in [5.41, 5.74) is 6.38. The standard InChI is InChI=1S/C25H30/c1-2-3-4-5-6-10-19-12-9-14-23-22(19)17-18-24-21-13-8-7-11-20(21)15-16-25(23)24/h7-9,11,13-16,19H,2-6,10,12,17-18H2,1H3. The Hall–Kier alpha value is -1.82. The first-order chi connectivity index (χ1) is 12.4. The van der Waals surface area contributed by atoms with Crippen molar-refractivity contribution in [3.05, 3.63) is 65.3 Å². The van der Waals surface area contributed by atoms with Gasteiger partial charge in [-0.05, 0) is 59.1 Å². The molecule has 0 N–H and O–H groups in total. The van der Waals surface area contributed by atoms with Gasteiger partial charge in [-0.3, -0.25) is 0 Å². The molecule has 0 amide bonds. The topological polar surface area (TPSA) is 0 Å². The second-order valence-electron chi connectivity index (χ2n) is 7.79. The predicted octanol–water partition coefficient (Wildman–Crippen LogP) is 7.48. The van der Waals surface area contributed by atoms with E-state index >= 15 is 0 Å². The Bertz CT molecular complexity index is 806. The van der Waals surface area contributed by atoms with Gasteiger partial charge in [-0.15, -0.1) is 0 Å². The van der Waals surface area contributed by atoms with Gasteiger partial charge in [-0.2, -0.15) is 0 Å². The van der Waals surface area contributed by atoms with Gasteiger partial charge in [-0.1, -0.05) is 93.2 Å². The Labute approximate surface area is 152 Å². The molecule has 130 valence electrons. The molecule has 0 heterocycles. The van der Waals surface area contributed by atoms with E-state index in [4.69, 9.17) is 0 Å². The summed E-state index contributed by atoms with van der Waals surface area (Å²) in [5.74, 6) is 0.793. The van der Waals surface area contributed by atoms with E-state index in [0.717, 1.165) is 5.92 Å². The van der Waals surface area contributed by atoms with Crippen LogP contribution >= 0.6 is 0 Å². The minimum absolute atomic E-state index is 0.793. The fraction of sp³-hybridized carbons (Fsp3) is 0.440. The maximum absolute atomic E-state index is 2.43. The number of hydrogen-bond acceptors (Lipinski definition) is 0. The molecule has 0 spiro atoms. The van der Waals surface area contributed by atoms with Crippen LogP contribution in [0, 0.1) is 5.92 Å². The molecule has 0 aliphatic heterocycles. The molecule has 2 aromatic rings. The molecular weight excluding hydrogens is 300 g/mol. The van der Waals surface area contributed by atoms with E-state index in [9.17, 15) is 0 Å². The van der Waals surface area contributed by atoms with Crippen LogP contribution in [0.15, 0.2) is 54.1 Å². The quantitative estimate of drug-likeness (QED) is 0.482. The summed E-state index contributed by atoms with van der Waals surface area (Å²) >= 11 is 0. The van der Waals surface area contributed by atoms with Crippen molar-refractivity contribution in [3.8, 4) is 0 Å². The first kappa shape index (κ1) is 16.6. The van der Waals surface area contributed by atoms with Crippen LogP contribution in [0.1, 0.15) is 69.4 Å². The van der Waals surface area contributed by atoms with Crippen molar-refractivity contribution in [2.45, 2.75) is 64.7 Å². The van der Waals surface area contributed by atoms with Gasteiger partial charge in [0.2, 0.25) is 0 Å². The van der Waals surface area contributed by atoms with Crippen LogP contribution < -0.4 is 0 Å². The van der Waals surface area contributed by atoms with Crippen LogP contribution in [-0.2, 0) is 6.42 Å². The average molecular weight is 331 g/mol. The summed E-state index contributed by atoms with van der Waals surface area (Å²) < 4.78 is 0. The highest BCUT2D eigenvalue weighted by atomic mass is 14.3. The first-order valence-corrected chi connectivity index (χ1v) is 10.3. The Morgan fingerprint density at radius 2 is 1.80 bits per heavy atom. The van der Waals surface area contributed by atoms with Crippen molar-refractivity contribution in [1.82, 2.24) is 0 Å². The third-order valence-corrected chi connectivity index (χ3v) is 6.18. The third-order valence-electron chi connectivity index (χ3n) is 6.18. The number of unbranched alkanes of at least 4 members (excludes halogenated alkanes) is 4. The highest BCUT2D eigenvalue weighted by Crippen LogP contribution is 2.43. The van der Waals surface area contributed by atoms with Crippen molar-refractivity contribution in [3.63, 3.8) is 0 Å². The maximum Gasteiger partial charge on any atom is -0.0146 e. The van der Waals surface area contributed by atoms with Crippen molar-refractivity contribution < 1.29 is 0 Å². The number of hydrogen-bond donors (Lipinski definition) is 0. The van der Waals surface area contributed by atoms with Gasteiger partial charge in [0.25, 0.3) is 0 Å². The Morgan fingerprint density at radius 3 is 2.72 bits per heavy atom. The lowest BCUT2D eigenvalue weighted by Crippen LogP contribution is -2.15. The minimum Gasteiger partial charge on any atom is -0.0833 e. The highest BCUT2D eigenvalue weighted by Gasteiger charge is 2.26. The molecule has 0 nitrogen and oxygen atoms in total. The predicted molar refractivity (Wildman–Crippen MR) is 110 cm³/mol. The molecule has 0 saturated carbocycles. The highest BCUT2D eigenvalue weighted by molar-refractivity contribution is 5.93. The van der Waals surface area contributed by atoms with Gasteiger partial charge >= 0.3 is 0 Å². The Kier molecular flexibility index (Phi) is 5.06. The summed E-state index contributed by atoms with van der Waals surface area (Å²) in [6.45, 7) is 2.30. The summed E-state index contributed by atoms with van der Waals surface area (Å²) in [5, 5.41) is 2.85. The molecule has 1 unspecified atom stereocenters. The summed E-state index contributed by atoms with van der Waals surface area (Å²) in [7, 11) is 0. The molecular formula is C25H30. The lowest BCUT2D eigenvalue weighted by atomic mass is 9.74. The van der Waals surface area contributed by atoms with E-state index in [-0.39, 0.29) is 0 Å². The van der Waals surface area contributed by atoms with E-state index in [1.54, 1.807) is 16.7 Å². The van der Waals surface area contributed by atoms with Crippen molar-refractivity contribution in [2.24, 2.45) is 5.92 Å². The van der Waals surface area contributed by atoms with Crippen molar-refractivity contribution >= 4 is 16.3 Å². The van der Waals surface area contributed by atoms with Crippen LogP contribution in [-0.4, -0.2) is 0 Å². The van der Waals surface area contributed by atoms with Crippen molar-refractivity contribution in [1.29, 1.82) is 0 Å². The van der Waals surface area contributed by atoms with Gasteiger partial charge < -0.3 is 0 Å². The molecule has 0 radical (unpaired) electrons. The second-order valence-corrected chi connectivity index (χ2v) is 7.79. The first-order valence-electron chi connectivity index (χ1n) is 10.3. The molecule has 0 heteroatoms. The zero-order chi connectivity index (χ0) is 17.1. The molecule has 4 rings (SSSR count). The number of fused-ring (bicyclic) bond motifs is 4. The summed E-state index contributed by atoms with van der Waals surface area (Å²) in [4.78, 5) is 0. The van der Waals surface area contributed by atoms with Crippen LogP contribution in [0.5, 0.6) is 0 Å². The summed E-state index contributed by atoms with van der Waals surface area (Å²) in [6.07, 6.45) is 16.9. The monoisotopic (exact) mass is 330 g/mol. The number of benzene rings is 2. The largest absolute Gasteiger partial charge is 0.0833 e. The van der Waals surface area contributed by atoms with Crippen LogP contribution in [0.3, 0.4) is 0 Å². The molecule has 1 atom stereocenters. The van der Waals surface area contributed by atoms with Crippen LogP contribution in [0.2, 0.25) is 0 Å². The maximum atomic E-state index is 2.43. The average Bonchev–Trinajstić information content (AvgIpc) is 2.67. The van der Waals surface area contributed by atoms with Crippen molar-refractivity contribution in [2.75, 3.05) is 0 Å². The number of aryl methyl sites for hydroxylation is 1. The van der Waals surface area contributed by atoms with E-state index in [1.165, 1.54) is 74.1 Å². The molecule has 0 saturated heterocycles. The molecule has 0 aromatic heterocycles. The molecule has 2 aromatic carbocycles. The fourth-order valence-electron chi connectivity index (χ4n) is 4.82. The second kappa shape index (κ2) is 7.60. The lowest BCUT2D eigenvalue weighted by molar-refractivity contribution is 0.493. The van der Waals surface area contributed by atoms with Gasteiger partial charge in [0.1, 0.15) is 0 Å². The van der Waals surface area contributed by atoms with E-state index in [2.05, 4.69) is 55.5 Å². The third kappa shape index (κ3) is 3.32. The molecule has 2 aliphatic carbocycles. The SMILES string of the molecule is CCCCCCCC1CC=CC2=C1CCc1c2ccc2ccccc12. The van der Waals surface area contributed by atoms with E-state index < -0.39 is 0 Å². The molecule has 25 heavy (non-hydrogen) atoms. The Morgan fingerprint density at radius 1 is 0.920 bits per heavy atom. The minimum atomic E-state index is 0.793. The Balaban J connectivity index is 1.59. The van der Waals surface area contributed by atoms with Crippen LogP contribution in [0.25, 0.3) is 16.3 Å². The van der Waals surface area contributed by atoms with Crippen LogP contribution in [0.4, 0.5) is 0 Å². The van der Waals surface area contributed by atoms with Gasteiger partial charge in [0, 0.05) is 0 Å². The number of rotatable bonds is 6. The van der Waals surface area contributed by atoms with E-state index in [1.807, 2.05) is 0 Å². The van der Waals surface area contributed by atoms with Gasteiger partial charge in [-0.25, -0.2) is 0 Å². The zero-order valence-electron chi connectivity index (χ0n) is 15.6. The zero-order valence-corrected chi connectivity index (χ0v) is 15.6. The smallest absolute Gasteiger partial charge is 0.0146 e. The molecule has 0 fully saturated rings. The number of allylic oxidation sites excluding steroid dienone is 4. The van der Waals surface area contributed by atoms with Gasteiger partial charge in [0.05, 0.1) is 0 Å². The fourth-order valence-corrected chi connectivity index (χ4v) is 4.82. The lowest BCUT2D eigenvalue weighted by Gasteiger charge is -2.31.